The van der Waals surface area contributed by atoms with Gasteiger partial charge in [-0.3, -0.25) is 14.9 Å². The predicted molar refractivity (Wildman–Crippen MR) is 46.4 cm³/mol. The molecule has 1 N–H and O–H groups in total. The lowest BCUT2D eigenvalue weighted by Gasteiger charge is -2.01. The SMILES string of the molecule is O=c1[nH]c(C(F)F)c(Br)cc1[N+](=O)[O-]. The summed E-state index contributed by atoms with van der Waals surface area (Å²) in [6.45, 7) is 0. The van der Waals surface area contributed by atoms with Gasteiger partial charge in [-0.2, -0.15) is 0 Å². The predicted octanol–water partition coefficient (Wildman–Crippen LogP) is 1.98. The summed E-state index contributed by atoms with van der Waals surface area (Å²) >= 11 is 2.70. The van der Waals surface area contributed by atoms with Crippen molar-refractivity contribution >= 4 is 21.6 Å². The highest BCUT2D eigenvalue weighted by molar-refractivity contribution is 9.10. The largest absolute Gasteiger partial charge is 0.335 e. The fraction of sp³-hybridized carbons (Fsp3) is 0.167. The summed E-state index contributed by atoms with van der Waals surface area (Å²) in [5, 5.41) is 10.2. The van der Waals surface area contributed by atoms with Crippen LogP contribution in [0.2, 0.25) is 0 Å². The van der Waals surface area contributed by atoms with E-state index in [2.05, 4.69) is 15.9 Å². The van der Waals surface area contributed by atoms with Gasteiger partial charge in [0.25, 0.3) is 6.43 Å². The maximum Gasteiger partial charge on any atom is 0.335 e. The minimum Gasteiger partial charge on any atom is -0.314 e. The lowest BCUT2D eigenvalue weighted by molar-refractivity contribution is -0.386. The van der Waals surface area contributed by atoms with Gasteiger partial charge in [-0.15, -0.1) is 0 Å². The molecule has 14 heavy (non-hydrogen) atoms. The van der Waals surface area contributed by atoms with E-state index in [1.165, 1.54) is 0 Å². The van der Waals surface area contributed by atoms with Gasteiger partial charge in [-0.05, 0) is 15.9 Å². The van der Waals surface area contributed by atoms with E-state index in [1.807, 2.05) is 0 Å². The highest BCUT2D eigenvalue weighted by Crippen LogP contribution is 2.25. The van der Waals surface area contributed by atoms with Gasteiger partial charge in [0, 0.05) is 10.5 Å². The Labute approximate surface area is 84.0 Å². The lowest BCUT2D eigenvalue weighted by atomic mass is 10.3. The average Bonchev–Trinajstić information content (AvgIpc) is 2.07. The van der Waals surface area contributed by atoms with Crippen molar-refractivity contribution in [2.24, 2.45) is 0 Å². The fourth-order valence-electron chi connectivity index (χ4n) is 0.804. The van der Waals surface area contributed by atoms with E-state index in [1.54, 1.807) is 4.98 Å². The number of nitrogens with one attached hydrogen (secondary N) is 1. The summed E-state index contributed by atoms with van der Waals surface area (Å²) in [6.07, 6.45) is -2.89. The first-order valence-corrected chi connectivity index (χ1v) is 4.08. The Hall–Kier alpha value is -1.31. The Morgan fingerprint density at radius 1 is 1.57 bits per heavy atom. The zero-order chi connectivity index (χ0) is 10.9. The van der Waals surface area contributed by atoms with Crippen molar-refractivity contribution < 1.29 is 13.7 Å². The Kier molecular flexibility index (Phi) is 2.94. The third kappa shape index (κ3) is 1.95. The van der Waals surface area contributed by atoms with Gasteiger partial charge < -0.3 is 4.98 Å². The summed E-state index contributed by atoms with van der Waals surface area (Å²) in [5.74, 6) is 0. The van der Waals surface area contributed by atoms with Crippen LogP contribution in [0.15, 0.2) is 15.3 Å². The van der Waals surface area contributed by atoms with Crippen LogP contribution in [0, 0.1) is 10.1 Å². The van der Waals surface area contributed by atoms with Crippen LogP contribution in [0.5, 0.6) is 0 Å². The Morgan fingerprint density at radius 2 is 2.14 bits per heavy atom. The van der Waals surface area contributed by atoms with Gasteiger partial charge in [0.1, 0.15) is 0 Å². The number of nitrogens with zero attached hydrogens (tertiary/aromatic N) is 1. The number of aromatic nitrogens is 1. The molecule has 1 aromatic heterocycles. The smallest absolute Gasteiger partial charge is 0.314 e. The van der Waals surface area contributed by atoms with Crippen molar-refractivity contribution in [2.75, 3.05) is 0 Å². The van der Waals surface area contributed by atoms with Crippen LogP contribution in [-0.4, -0.2) is 9.91 Å². The second-order valence-corrected chi connectivity index (χ2v) is 3.16. The standard InChI is InChI=1S/C6H3BrF2N2O3/c7-2-1-3(11(13)14)6(12)10-4(2)5(8)9/h1,5H,(H,10,12). The van der Waals surface area contributed by atoms with Crippen LogP contribution in [-0.2, 0) is 0 Å². The Balaban J connectivity index is 3.39. The van der Waals surface area contributed by atoms with E-state index >= 15 is 0 Å². The number of alkyl halides is 2. The van der Waals surface area contributed by atoms with Crippen LogP contribution < -0.4 is 5.56 Å². The highest BCUT2D eigenvalue weighted by atomic mass is 79.9. The van der Waals surface area contributed by atoms with Crippen LogP contribution >= 0.6 is 15.9 Å². The van der Waals surface area contributed by atoms with Gasteiger partial charge >= 0.3 is 11.2 Å². The van der Waals surface area contributed by atoms with Gasteiger partial charge in [-0.1, -0.05) is 0 Å². The number of hydrogen-bond acceptors (Lipinski definition) is 3. The molecule has 0 unspecified atom stereocenters. The number of halogens is 3. The maximum atomic E-state index is 12.2. The first-order valence-electron chi connectivity index (χ1n) is 3.28. The monoisotopic (exact) mass is 268 g/mol. The molecular weight excluding hydrogens is 266 g/mol. The molecule has 0 aliphatic heterocycles. The van der Waals surface area contributed by atoms with Crippen molar-refractivity contribution in [1.82, 2.24) is 4.98 Å². The summed E-state index contributed by atoms with van der Waals surface area (Å²) < 4.78 is 24.1. The second kappa shape index (κ2) is 3.82. The molecule has 1 rings (SSSR count). The van der Waals surface area contributed by atoms with Crippen LogP contribution in [0.4, 0.5) is 14.5 Å². The fourth-order valence-corrected chi connectivity index (χ4v) is 1.29. The van der Waals surface area contributed by atoms with Crippen molar-refractivity contribution in [3.05, 3.63) is 36.7 Å². The topological polar surface area (TPSA) is 76.0 Å². The van der Waals surface area contributed by atoms with Gasteiger partial charge in [0.2, 0.25) is 0 Å². The van der Waals surface area contributed by atoms with Crippen LogP contribution in [0.3, 0.4) is 0 Å². The molecule has 0 saturated carbocycles. The molecule has 0 aromatic carbocycles. The molecule has 0 atom stereocenters. The van der Waals surface area contributed by atoms with Crippen molar-refractivity contribution in [2.45, 2.75) is 6.43 Å². The normalized spacial score (nSPS) is 10.6. The molecule has 0 bridgehead atoms. The molecule has 5 nitrogen and oxygen atoms in total. The molecule has 0 fully saturated rings. The average molecular weight is 269 g/mol. The number of rotatable bonds is 2. The molecule has 8 heteroatoms. The molecule has 0 aliphatic rings. The summed E-state index contributed by atoms with van der Waals surface area (Å²) in [6, 6.07) is 0.750. The third-order valence-electron chi connectivity index (χ3n) is 1.42. The minimum atomic E-state index is -2.89. The first kappa shape index (κ1) is 10.8. The van der Waals surface area contributed by atoms with Crippen LogP contribution in [0.1, 0.15) is 12.1 Å². The third-order valence-corrected chi connectivity index (χ3v) is 2.07. The Morgan fingerprint density at radius 3 is 2.57 bits per heavy atom. The van der Waals surface area contributed by atoms with E-state index in [-0.39, 0.29) is 4.47 Å². The number of aromatic amines is 1. The highest BCUT2D eigenvalue weighted by Gasteiger charge is 2.19. The summed E-state index contributed by atoms with van der Waals surface area (Å²) in [7, 11) is 0. The molecule has 0 spiro atoms. The van der Waals surface area contributed by atoms with Gasteiger partial charge in [0.15, 0.2) is 0 Å². The Bertz CT molecular complexity index is 432. The van der Waals surface area contributed by atoms with Crippen molar-refractivity contribution in [3.63, 3.8) is 0 Å². The van der Waals surface area contributed by atoms with Crippen molar-refractivity contribution in [3.8, 4) is 0 Å². The first-order chi connectivity index (χ1) is 6.43. The van der Waals surface area contributed by atoms with E-state index in [0.29, 0.717) is 0 Å². The van der Waals surface area contributed by atoms with Gasteiger partial charge in [-0.25, -0.2) is 8.78 Å². The van der Waals surface area contributed by atoms with Crippen molar-refractivity contribution in [1.29, 1.82) is 0 Å². The van der Waals surface area contributed by atoms with E-state index in [4.69, 9.17) is 0 Å². The van der Waals surface area contributed by atoms with E-state index < -0.39 is 28.3 Å². The molecular formula is C6H3BrF2N2O3. The molecule has 1 heterocycles. The second-order valence-electron chi connectivity index (χ2n) is 2.30. The zero-order valence-electron chi connectivity index (χ0n) is 6.46. The molecule has 76 valence electrons. The number of H-pyrrole nitrogens is 1. The van der Waals surface area contributed by atoms with E-state index in [9.17, 15) is 23.7 Å². The summed E-state index contributed by atoms with van der Waals surface area (Å²) in [5.41, 5.74) is -2.59. The molecule has 0 aliphatic carbocycles. The van der Waals surface area contributed by atoms with Gasteiger partial charge in [0.05, 0.1) is 10.6 Å². The van der Waals surface area contributed by atoms with Crippen LogP contribution in [0.25, 0.3) is 0 Å². The quantitative estimate of drug-likeness (QED) is 0.658. The lowest BCUT2D eigenvalue weighted by Crippen LogP contribution is -2.14. The molecule has 0 radical (unpaired) electrons. The molecule has 0 saturated heterocycles. The minimum absolute atomic E-state index is 0.196. The number of pyridine rings is 1. The zero-order valence-corrected chi connectivity index (χ0v) is 8.05. The number of nitro groups is 1. The van der Waals surface area contributed by atoms with E-state index in [0.717, 1.165) is 6.07 Å². The summed E-state index contributed by atoms with van der Waals surface area (Å²) in [4.78, 5) is 21.9. The maximum absolute atomic E-state index is 12.2. The molecule has 1 aromatic rings. The number of hydrogen-bond donors (Lipinski definition) is 1. The molecule has 0 amide bonds.